The molecule has 1 amide bonds. The highest BCUT2D eigenvalue weighted by molar-refractivity contribution is 5.92. The predicted octanol–water partition coefficient (Wildman–Crippen LogP) is 5.86. The molecule has 1 aliphatic heterocycles. The van der Waals surface area contributed by atoms with Gasteiger partial charge in [-0.2, -0.15) is 0 Å². The van der Waals surface area contributed by atoms with Crippen LogP contribution in [0.3, 0.4) is 0 Å². The lowest BCUT2D eigenvalue weighted by Crippen LogP contribution is -2.39. The van der Waals surface area contributed by atoms with Gasteiger partial charge in [-0.1, -0.05) is 42.5 Å². The van der Waals surface area contributed by atoms with E-state index in [0.29, 0.717) is 26.0 Å². The Morgan fingerprint density at radius 2 is 1.98 bits per heavy atom. The number of nitrogens with one attached hydrogen (secondary N) is 2. The van der Waals surface area contributed by atoms with Crippen LogP contribution in [0.25, 0.3) is 22.0 Å². The molecule has 1 aromatic heterocycles. The van der Waals surface area contributed by atoms with E-state index in [0.717, 1.165) is 35.1 Å². The molecule has 42 heavy (non-hydrogen) atoms. The average Bonchev–Trinajstić information content (AvgIpc) is 3.61. The largest absolute Gasteiger partial charge is 0.497 e. The smallest absolute Gasteiger partial charge is 0.286 e. The summed E-state index contributed by atoms with van der Waals surface area (Å²) in [5, 5.41) is 13.8. The fourth-order valence-corrected chi connectivity index (χ4v) is 6.51. The van der Waals surface area contributed by atoms with Crippen LogP contribution in [-0.4, -0.2) is 49.2 Å². The number of ether oxygens (including phenoxy) is 3. The third-order valence-corrected chi connectivity index (χ3v) is 8.54. The highest BCUT2D eigenvalue weighted by Gasteiger charge is 2.39. The number of hydrogen-bond acceptors (Lipinski definition) is 5. The lowest BCUT2D eigenvalue weighted by atomic mass is 9.78. The van der Waals surface area contributed by atoms with Gasteiger partial charge in [0, 0.05) is 48.7 Å². The van der Waals surface area contributed by atoms with E-state index in [-0.39, 0.29) is 30.1 Å². The number of allylic oxidation sites excluding steroid dienone is 1. The van der Waals surface area contributed by atoms with Crippen molar-refractivity contribution in [2.24, 2.45) is 5.92 Å². The van der Waals surface area contributed by atoms with Crippen molar-refractivity contribution in [2.45, 2.75) is 44.8 Å². The first-order valence-corrected chi connectivity index (χ1v) is 14.8. The summed E-state index contributed by atoms with van der Waals surface area (Å²) in [6.07, 6.45) is 6.24. The second-order valence-corrected chi connectivity index (χ2v) is 11.0. The minimum Gasteiger partial charge on any atom is -0.497 e. The van der Waals surface area contributed by atoms with Gasteiger partial charge in [0.2, 0.25) is 6.29 Å². The molecule has 0 fully saturated rings. The molecule has 0 bridgehead atoms. The van der Waals surface area contributed by atoms with E-state index in [4.69, 9.17) is 14.2 Å². The zero-order chi connectivity index (χ0) is 29.1. The minimum atomic E-state index is -0.585. The summed E-state index contributed by atoms with van der Waals surface area (Å²) in [4.78, 5) is 16.8. The Hall–Kier alpha value is -4.07. The number of fused-ring (bicyclic) bond motifs is 4. The number of H-pyrrole nitrogens is 1. The second kappa shape index (κ2) is 12.4. The van der Waals surface area contributed by atoms with Crippen LogP contribution < -0.4 is 10.1 Å². The first kappa shape index (κ1) is 28.1. The highest BCUT2D eigenvalue weighted by Crippen LogP contribution is 2.46. The van der Waals surface area contributed by atoms with Gasteiger partial charge in [0.05, 0.1) is 7.11 Å². The number of rotatable bonds is 11. The summed E-state index contributed by atoms with van der Waals surface area (Å²) in [5.74, 6) is 0.705. The lowest BCUT2D eigenvalue weighted by molar-refractivity contribution is -0.166. The fourth-order valence-electron chi connectivity index (χ4n) is 6.51. The van der Waals surface area contributed by atoms with Crippen molar-refractivity contribution < 1.29 is 24.1 Å². The van der Waals surface area contributed by atoms with Crippen LogP contribution in [0.2, 0.25) is 0 Å². The monoisotopic (exact) mass is 566 g/mol. The molecule has 0 spiro atoms. The van der Waals surface area contributed by atoms with Gasteiger partial charge in [0.1, 0.15) is 5.75 Å². The number of carbonyl (C=O) groups excluding carboxylic acids is 1. The molecular formula is C35H38N2O5. The Balaban J connectivity index is 1.27. The van der Waals surface area contributed by atoms with Gasteiger partial charge in [0.25, 0.3) is 5.91 Å². The van der Waals surface area contributed by atoms with Gasteiger partial charge in [-0.25, -0.2) is 0 Å². The Morgan fingerprint density at radius 3 is 2.81 bits per heavy atom. The summed E-state index contributed by atoms with van der Waals surface area (Å²) in [7, 11) is 1.66. The fraction of sp³-hybridized carbons (Fsp3) is 0.343. The SMILES string of the molecule is CCO[C@@H]1OC(C(=O)NCCc2c[nH]c3ccc(OC)cc23)=C[C@H](c2cccc3c2Cc2ccccc2-3)[C@@H]1CCCO. The van der Waals surface area contributed by atoms with Gasteiger partial charge in [-0.15, -0.1) is 0 Å². The molecule has 4 aromatic rings. The quantitative estimate of drug-likeness (QED) is 0.186. The van der Waals surface area contributed by atoms with Crippen molar-refractivity contribution in [3.05, 3.63) is 101 Å². The molecule has 7 heteroatoms. The highest BCUT2D eigenvalue weighted by atomic mass is 16.7. The molecule has 3 N–H and O–H groups in total. The summed E-state index contributed by atoms with van der Waals surface area (Å²) in [5.41, 5.74) is 8.46. The number of aromatic nitrogens is 1. The van der Waals surface area contributed by atoms with Crippen LogP contribution >= 0.6 is 0 Å². The lowest BCUT2D eigenvalue weighted by Gasteiger charge is -2.37. The molecule has 7 nitrogen and oxygen atoms in total. The number of carbonyl (C=O) groups is 1. The Bertz CT molecular complexity index is 1610. The zero-order valence-corrected chi connectivity index (χ0v) is 24.2. The van der Waals surface area contributed by atoms with E-state index >= 15 is 0 Å². The third-order valence-electron chi connectivity index (χ3n) is 8.54. The summed E-state index contributed by atoms with van der Waals surface area (Å²) < 4.78 is 17.7. The molecule has 218 valence electrons. The first-order valence-electron chi connectivity index (χ1n) is 14.8. The molecule has 2 heterocycles. The van der Waals surface area contributed by atoms with E-state index in [2.05, 4.69) is 52.8 Å². The Labute approximate surface area is 246 Å². The number of aliphatic hydroxyl groups is 1. The zero-order valence-electron chi connectivity index (χ0n) is 24.2. The van der Waals surface area contributed by atoms with Crippen LogP contribution in [-0.2, 0) is 27.1 Å². The summed E-state index contributed by atoms with van der Waals surface area (Å²) in [6.45, 7) is 2.95. The van der Waals surface area contributed by atoms with Crippen molar-refractivity contribution in [1.82, 2.24) is 10.3 Å². The Morgan fingerprint density at radius 1 is 1.12 bits per heavy atom. The standard InChI is InChI=1S/C35H38N2O5/c1-3-41-35-28(12-7-17-38)31(27-11-6-10-26-25-9-5-4-8-22(25)18-30(26)27)20-33(42-35)34(39)36-16-15-23-21-37-32-14-13-24(40-2)19-29(23)32/h4-6,8-11,13-14,19-21,28,31,35,37-38H,3,7,12,15-18H2,1-2H3,(H,36,39)/t28-,31+,35+/m0/s1. The van der Waals surface area contributed by atoms with Crippen molar-refractivity contribution in [3.8, 4) is 16.9 Å². The van der Waals surface area contributed by atoms with E-state index in [1.807, 2.05) is 37.4 Å². The molecule has 0 saturated carbocycles. The van der Waals surface area contributed by atoms with Crippen LogP contribution in [0.15, 0.2) is 78.7 Å². The Kier molecular flexibility index (Phi) is 8.31. The molecule has 6 rings (SSSR count). The number of methoxy groups -OCH3 is 1. The number of aliphatic hydroxyl groups excluding tert-OH is 1. The predicted molar refractivity (Wildman–Crippen MR) is 163 cm³/mol. The van der Waals surface area contributed by atoms with Gasteiger partial charge in [-0.05, 0) is 90.3 Å². The maximum absolute atomic E-state index is 13.5. The molecule has 0 radical (unpaired) electrons. The number of hydrogen-bond donors (Lipinski definition) is 3. The van der Waals surface area contributed by atoms with E-state index in [9.17, 15) is 9.90 Å². The van der Waals surface area contributed by atoms with Crippen LogP contribution in [0.4, 0.5) is 0 Å². The first-order chi connectivity index (χ1) is 20.6. The van der Waals surface area contributed by atoms with Crippen molar-refractivity contribution >= 4 is 16.8 Å². The van der Waals surface area contributed by atoms with E-state index in [1.54, 1.807) is 7.11 Å². The number of aromatic amines is 1. The summed E-state index contributed by atoms with van der Waals surface area (Å²) in [6, 6.07) is 20.9. The van der Waals surface area contributed by atoms with Gasteiger partial charge >= 0.3 is 0 Å². The molecule has 3 aromatic carbocycles. The number of amides is 1. The van der Waals surface area contributed by atoms with E-state index in [1.165, 1.54) is 27.8 Å². The number of benzene rings is 3. The topological polar surface area (TPSA) is 92.8 Å². The van der Waals surface area contributed by atoms with Crippen molar-refractivity contribution in [1.29, 1.82) is 0 Å². The van der Waals surface area contributed by atoms with Gasteiger partial charge in [0.15, 0.2) is 5.76 Å². The van der Waals surface area contributed by atoms with Gasteiger partial charge in [-0.3, -0.25) is 4.79 Å². The second-order valence-electron chi connectivity index (χ2n) is 11.0. The average molecular weight is 567 g/mol. The third kappa shape index (κ3) is 5.42. The van der Waals surface area contributed by atoms with Crippen LogP contribution in [0, 0.1) is 5.92 Å². The molecule has 0 unspecified atom stereocenters. The van der Waals surface area contributed by atoms with Gasteiger partial charge < -0.3 is 29.6 Å². The normalized spacial score (nSPS) is 19.1. The maximum Gasteiger partial charge on any atom is 0.286 e. The van der Waals surface area contributed by atoms with Crippen molar-refractivity contribution in [2.75, 3.05) is 26.9 Å². The summed E-state index contributed by atoms with van der Waals surface area (Å²) >= 11 is 0. The minimum absolute atomic E-state index is 0.0370. The molecule has 2 aliphatic rings. The van der Waals surface area contributed by atoms with Crippen molar-refractivity contribution in [3.63, 3.8) is 0 Å². The molecular weight excluding hydrogens is 528 g/mol. The molecule has 0 saturated heterocycles. The van der Waals surface area contributed by atoms with E-state index < -0.39 is 6.29 Å². The molecule has 1 aliphatic carbocycles. The molecule has 3 atom stereocenters. The van der Waals surface area contributed by atoms with Crippen LogP contribution in [0.5, 0.6) is 5.75 Å². The van der Waals surface area contributed by atoms with Crippen LogP contribution in [0.1, 0.15) is 47.9 Å². The maximum atomic E-state index is 13.5.